The van der Waals surface area contributed by atoms with E-state index in [4.69, 9.17) is 0 Å². The highest BCUT2D eigenvalue weighted by Crippen LogP contribution is 2.38. The van der Waals surface area contributed by atoms with E-state index in [2.05, 4.69) is 37.4 Å². The summed E-state index contributed by atoms with van der Waals surface area (Å²) in [6.45, 7) is 6.03. The Hall–Kier alpha value is -1.88. The normalized spacial score (nSPS) is 26.2. The summed E-state index contributed by atoms with van der Waals surface area (Å²) < 4.78 is 0. The van der Waals surface area contributed by atoms with E-state index in [0.29, 0.717) is 32.4 Å². The molecular weight excluding hydrogens is 316 g/mol. The molecule has 5 heteroatoms. The quantitative estimate of drug-likeness (QED) is 0.879. The molecule has 25 heavy (non-hydrogen) atoms. The van der Waals surface area contributed by atoms with Gasteiger partial charge in [0.15, 0.2) is 0 Å². The average Bonchev–Trinajstić information content (AvgIpc) is 2.61. The van der Waals surface area contributed by atoms with E-state index in [1.165, 1.54) is 16.7 Å². The first-order valence-electron chi connectivity index (χ1n) is 9.23. The van der Waals surface area contributed by atoms with Crippen molar-refractivity contribution in [2.24, 2.45) is 5.41 Å². The van der Waals surface area contributed by atoms with Gasteiger partial charge in [0.2, 0.25) is 5.91 Å². The Balaban J connectivity index is 1.64. The van der Waals surface area contributed by atoms with Gasteiger partial charge in [0.25, 0.3) is 0 Å². The van der Waals surface area contributed by atoms with Gasteiger partial charge in [-0.3, -0.25) is 9.59 Å². The summed E-state index contributed by atoms with van der Waals surface area (Å²) in [6.07, 6.45) is 3.38. The third-order valence-corrected chi connectivity index (χ3v) is 6.00. The average molecular weight is 344 g/mol. The third kappa shape index (κ3) is 3.56. The number of nitrogens with zero attached hydrogens (tertiary/aromatic N) is 1. The van der Waals surface area contributed by atoms with Gasteiger partial charge in [0.1, 0.15) is 5.41 Å². The highest BCUT2D eigenvalue weighted by molar-refractivity contribution is 5.80. The van der Waals surface area contributed by atoms with Crippen molar-refractivity contribution < 1.29 is 14.7 Å². The zero-order valence-electron chi connectivity index (χ0n) is 15.2. The number of fused-ring (bicyclic) bond motifs is 1. The van der Waals surface area contributed by atoms with Crippen molar-refractivity contribution in [1.82, 2.24) is 10.2 Å². The van der Waals surface area contributed by atoms with Crippen molar-refractivity contribution in [3.05, 3.63) is 34.9 Å². The molecule has 2 aliphatic heterocycles. The predicted molar refractivity (Wildman–Crippen MR) is 96.5 cm³/mol. The highest BCUT2D eigenvalue weighted by Gasteiger charge is 2.51. The number of carbonyl (C=O) groups is 2. The summed E-state index contributed by atoms with van der Waals surface area (Å²) in [5.74, 6) is -0.695. The van der Waals surface area contributed by atoms with E-state index in [9.17, 15) is 14.7 Å². The maximum Gasteiger partial charge on any atom is 0.313 e. The zero-order valence-corrected chi connectivity index (χ0v) is 15.2. The Bertz CT molecular complexity index is 673. The van der Waals surface area contributed by atoms with E-state index in [1.807, 2.05) is 0 Å². The van der Waals surface area contributed by atoms with Gasteiger partial charge in [0, 0.05) is 25.6 Å². The summed E-state index contributed by atoms with van der Waals surface area (Å²) in [5, 5.41) is 13.2. The first-order chi connectivity index (χ1) is 11.9. The summed E-state index contributed by atoms with van der Waals surface area (Å²) in [4.78, 5) is 26.4. The van der Waals surface area contributed by atoms with Gasteiger partial charge in [-0.05, 0) is 62.8 Å². The number of aliphatic carboxylic acids is 1. The van der Waals surface area contributed by atoms with Crippen molar-refractivity contribution in [2.75, 3.05) is 19.6 Å². The Morgan fingerprint density at radius 1 is 1.32 bits per heavy atom. The van der Waals surface area contributed by atoms with Crippen molar-refractivity contribution in [3.8, 4) is 0 Å². The number of amides is 1. The van der Waals surface area contributed by atoms with Crippen LogP contribution in [0.25, 0.3) is 0 Å². The van der Waals surface area contributed by atoms with Crippen LogP contribution in [0.1, 0.15) is 42.4 Å². The Morgan fingerprint density at radius 3 is 2.84 bits per heavy atom. The Kier molecular flexibility index (Phi) is 5.13. The molecule has 1 aromatic carbocycles. The van der Waals surface area contributed by atoms with Gasteiger partial charge < -0.3 is 15.3 Å². The van der Waals surface area contributed by atoms with Gasteiger partial charge >= 0.3 is 5.97 Å². The molecule has 2 N–H and O–H groups in total. The Morgan fingerprint density at radius 2 is 2.12 bits per heavy atom. The van der Waals surface area contributed by atoms with Crippen LogP contribution in [-0.2, 0) is 16.0 Å². The minimum atomic E-state index is -0.813. The first kappa shape index (κ1) is 17.9. The number of hydrogen-bond donors (Lipinski definition) is 2. The van der Waals surface area contributed by atoms with Gasteiger partial charge in [-0.15, -0.1) is 0 Å². The second kappa shape index (κ2) is 7.16. The molecule has 0 spiro atoms. The molecule has 2 fully saturated rings. The van der Waals surface area contributed by atoms with Crippen molar-refractivity contribution in [3.63, 3.8) is 0 Å². The van der Waals surface area contributed by atoms with Crippen LogP contribution in [0, 0.1) is 19.3 Å². The van der Waals surface area contributed by atoms with Crippen LogP contribution in [0.15, 0.2) is 18.2 Å². The van der Waals surface area contributed by atoms with E-state index < -0.39 is 11.4 Å². The first-order valence-corrected chi connectivity index (χ1v) is 9.23. The standard InChI is InChI=1S/C20H28N2O3/c1-14-4-5-16(12-15(14)2)6-7-18(23)22-11-8-17-20(13-22,19(24)25)9-3-10-21-17/h4-5,12,17,21H,3,6-11,13H2,1-2H3,(H,24,25)/t17-,20+/m0/s1. The number of piperidine rings is 2. The van der Waals surface area contributed by atoms with Crippen LogP contribution in [-0.4, -0.2) is 47.6 Å². The van der Waals surface area contributed by atoms with Crippen molar-refractivity contribution in [1.29, 1.82) is 0 Å². The van der Waals surface area contributed by atoms with Gasteiger partial charge in [-0.25, -0.2) is 0 Å². The van der Waals surface area contributed by atoms with Crippen LogP contribution < -0.4 is 5.32 Å². The molecular formula is C20H28N2O3. The minimum absolute atomic E-state index is 0.0115. The molecule has 136 valence electrons. The molecule has 1 aromatic rings. The fourth-order valence-corrected chi connectivity index (χ4v) is 4.23. The minimum Gasteiger partial charge on any atom is -0.481 e. The van der Waals surface area contributed by atoms with E-state index in [1.54, 1.807) is 4.90 Å². The molecule has 2 heterocycles. The molecule has 1 amide bonds. The number of nitrogens with one attached hydrogen (secondary N) is 1. The second-order valence-corrected chi connectivity index (χ2v) is 7.59. The van der Waals surface area contributed by atoms with Gasteiger partial charge in [-0.1, -0.05) is 18.2 Å². The molecule has 0 unspecified atom stereocenters. The lowest BCUT2D eigenvalue weighted by Crippen LogP contribution is -2.63. The van der Waals surface area contributed by atoms with Gasteiger partial charge in [-0.2, -0.15) is 0 Å². The topological polar surface area (TPSA) is 69.6 Å². The molecule has 2 atom stereocenters. The van der Waals surface area contributed by atoms with E-state index >= 15 is 0 Å². The molecule has 0 radical (unpaired) electrons. The smallest absolute Gasteiger partial charge is 0.313 e. The predicted octanol–water partition coefficient (Wildman–Crippen LogP) is 2.29. The van der Waals surface area contributed by atoms with Crippen LogP contribution in [0.2, 0.25) is 0 Å². The monoisotopic (exact) mass is 344 g/mol. The number of carboxylic acid groups (broad SMARTS) is 1. The van der Waals surface area contributed by atoms with Crippen molar-refractivity contribution >= 4 is 11.9 Å². The number of rotatable bonds is 4. The van der Waals surface area contributed by atoms with Crippen LogP contribution in [0.4, 0.5) is 0 Å². The largest absolute Gasteiger partial charge is 0.481 e. The van der Waals surface area contributed by atoms with Crippen LogP contribution >= 0.6 is 0 Å². The van der Waals surface area contributed by atoms with Crippen molar-refractivity contribution in [2.45, 2.75) is 52.0 Å². The molecule has 2 saturated heterocycles. The SMILES string of the molecule is Cc1ccc(CCC(=O)N2CC[C@@H]3NCCC[C@@]3(C(=O)O)C2)cc1C. The number of benzene rings is 1. The summed E-state index contributed by atoms with van der Waals surface area (Å²) >= 11 is 0. The summed E-state index contributed by atoms with van der Waals surface area (Å²) in [7, 11) is 0. The third-order valence-electron chi connectivity index (χ3n) is 6.00. The molecule has 0 aromatic heterocycles. The fraction of sp³-hybridized carbons (Fsp3) is 0.600. The molecule has 5 nitrogen and oxygen atoms in total. The fourth-order valence-electron chi connectivity index (χ4n) is 4.23. The molecule has 0 saturated carbocycles. The highest BCUT2D eigenvalue weighted by atomic mass is 16.4. The summed E-state index contributed by atoms with van der Waals surface area (Å²) in [6, 6.07) is 6.29. The van der Waals surface area contributed by atoms with Gasteiger partial charge in [0.05, 0.1) is 0 Å². The maximum atomic E-state index is 12.7. The number of aryl methyl sites for hydroxylation is 3. The maximum absolute atomic E-state index is 12.7. The molecule has 3 rings (SSSR count). The lowest BCUT2D eigenvalue weighted by molar-refractivity contribution is -0.159. The number of carboxylic acids is 1. The van der Waals surface area contributed by atoms with Crippen LogP contribution in [0.5, 0.6) is 0 Å². The number of hydrogen-bond acceptors (Lipinski definition) is 3. The lowest BCUT2D eigenvalue weighted by atomic mass is 9.70. The summed E-state index contributed by atoms with van der Waals surface area (Å²) in [5.41, 5.74) is 2.85. The number of carbonyl (C=O) groups excluding carboxylic acids is 1. The van der Waals surface area contributed by atoms with Crippen LogP contribution in [0.3, 0.4) is 0 Å². The zero-order chi connectivity index (χ0) is 18.0. The van der Waals surface area contributed by atoms with E-state index in [0.717, 1.165) is 19.4 Å². The van der Waals surface area contributed by atoms with E-state index in [-0.39, 0.29) is 11.9 Å². The molecule has 0 aliphatic carbocycles. The number of likely N-dealkylation sites (tertiary alicyclic amines) is 1. The molecule has 2 aliphatic rings. The second-order valence-electron chi connectivity index (χ2n) is 7.59. The molecule has 0 bridgehead atoms. The lowest BCUT2D eigenvalue weighted by Gasteiger charge is -2.48. The Labute approximate surface area is 149 Å².